The highest BCUT2D eigenvalue weighted by Gasteiger charge is 2.10. The Morgan fingerprint density at radius 2 is 1.61 bits per heavy atom. The molecule has 0 saturated carbocycles. The molecular weight excluding hydrogens is 296 g/mol. The molecule has 0 radical (unpaired) electrons. The largest absolute Gasteiger partial charge is 0.440 e. The first-order chi connectivity index (χ1) is 11.1. The van der Waals surface area contributed by atoms with Crippen LogP contribution in [0.15, 0.2) is 70.3 Å². The lowest BCUT2D eigenvalue weighted by molar-refractivity contribution is 0.153. The number of ether oxygens (including phenoxy) is 1. The average molecular weight is 310 g/mol. The van der Waals surface area contributed by atoms with Crippen molar-refractivity contribution in [2.24, 2.45) is 7.05 Å². The van der Waals surface area contributed by atoms with Crippen molar-refractivity contribution in [1.29, 1.82) is 0 Å². The number of hydrogen-bond donors (Lipinski definition) is 1. The minimum Gasteiger partial charge on any atom is -0.440 e. The van der Waals surface area contributed by atoms with Gasteiger partial charge >= 0.3 is 5.69 Å². The van der Waals surface area contributed by atoms with Crippen LogP contribution in [0.5, 0.6) is 11.6 Å². The predicted octanol–water partition coefficient (Wildman–Crippen LogP) is 2.24. The van der Waals surface area contributed by atoms with E-state index in [2.05, 4.69) is 0 Å². The van der Waals surface area contributed by atoms with Crippen LogP contribution in [0.3, 0.4) is 0 Å². The van der Waals surface area contributed by atoms with Gasteiger partial charge in [-0.1, -0.05) is 47.2 Å². The van der Waals surface area contributed by atoms with E-state index in [0.717, 1.165) is 21.8 Å². The van der Waals surface area contributed by atoms with Gasteiger partial charge in [0.1, 0.15) is 5.75 Å². The fourth-order valence-electron chi connectivity index (χ4n) is 2.18. The molecule has 6 heteroatoms. The van der Waals surface area contributed by atoms with Crippen LogP contribution in [0.2, 0.25) is 0 Å². The normalized spacial score (nSPS) is 10.5. The molecular formula is C17H14N2O4. The molecule has 0 aliphatic rings. The van der Waals surface area contributed by atoms with Gasteiger partial charge in [0.25, 0.3) is 5.56 Å². The van der Waals surface area contributed by atoms with E-state index in [1.807, 2.05) is 48.5 Å². The molecule has 1 N–H and O–H groups in total. The SMILES string of the molecule is Cn1c(Oc2cccc(-c3ccccc3)c2)cc(=O)n(O)c1=O. The van der Waals surface area contributed by atoms with Crippen LogP contribution in [-0.4, -0.2) is 14.5 Å². The van der Waals surface area contributed by atoms with E-state index < -0.39 is 11.2 Å². The Balaban J connectivity index is 1.99. The second-order valence-corrected chi connectivity index (χ2v) is 4.97. The van der Waals surface area contributed by atoms with Crippen molar-refractivity contribution in [3.8, 4) is 22.8 Å². The third-order valence-electron chi connectivity index (χ3n) is 3.42. The van der Waals surface area contributed by atoms with E-state index in [0.29, 0.717) is 5.75 Å². The van der Waals surface area contributed by atoms with E-state index in [1.165, 1.54) is 7.05 Å². The van der Waals surface area contributed by atoms with E-state index in [9.17, 15) is 14.8 Å². The van der Waals surface area contributed by atoms with Gasteiger partial charge < -0.3 is 9.94 Å². The Morgan fingerprint density at radius 3 is 2.35 bits per heavy atom. The summed E-state index contributed by atoms with van der Waals surface area (Å²) in [6.07, 6.45) is 0. The molecule has 0 unspecified atom stereocenters. The molecule has 0 amide bonds. The van der Waals surface area contributed by atoms with Crippen LogP contribution in [0.4, 0.5) is 0 Å². The van der Waals surface area contributed by atoms with Crippen LogP contribution in [0.1, 0.15) is 0 Å². The minimum absolute atomic E-state index is 0.0350. The second-order valence-electron chi connectivity index (χ2n) is 4.97. The van der Waals surface area contributed by atoms with Gasteiger partial charge in [-0.05, 0) is 23.3 Å². The number of rotatable bonds is 3. The summed E-state index contributed by atoms with van der Waals surface area (Å²) in [5, 5.41) is 9.29. The minimum atomic E-state index is -0.869. The zero-order chi connectivity index (χ0) is 16.4. The number of nitrogens with zero attached hydrogens (tertiary/aromatic N) is 2. The molecule has 116 valence electrons. The topological polar surface area (TPSA) is 73.5 Å². The fraction of sp³-hybridized carbons (Fsp3) is 0.0588. The first kappa shape index (κ1) is 14.6. The van der Waals surface area contributed by atoms with E-state index in [4.69, 9.17) is 4.74 Å². The van der Waals surface area contributed by atoms with Gasteiger partial charge in [0, 0.05) is 7.05 Å². The summed E-state index contributed by atoms with van der Waals surface area (Å²) in [7, 11) is 1.41. The Labute approximate surface area is 131 Å². The summed E-state index contributed by atoms with van der Waals surface area (Å²) in [5.41, 5.74) is 0.259. The molecule has 3 aromatic rings. The molecule has 3 rings (SSSR count). The van der Waals surface area contributed by atoms with Gasteiger partial charge in [-0.2, -0.15) is 0 Å². The van der Waals surface area contributed by atoms with E-state index >= 15 is 0 Å². The molecule has 0 spiro atoms. The lowest BCUT2D eigenvalue weighted by atomic mass is 10.1. The third kappa shape index (κ3) is 2.87. The number of hydrogen-bond acceptors (Lipinski definition) is 4. The van der Waals surface area contributed by atoms with Gasteiger partial charge in [0.2, 0.25) is 5.88 Å². The first-order valence-electron chi connectivity index (χ1n) is 6.92. The Bertz CT molecular complexity index is 958. The molecule has 0 atom stereocenters. The third-order valence-corrected chi connectivity index (χ3v) is 3.42. The van der Waals surface area contributed by atoms with Crippen molar-refractivity contribution in [3.05, 3.63) is 81.5 Å². The summed E-state index contributed by atoms with van der Waals surface area (Å²) in [6, 6.07) is 18.1. The summed E-state index contributed by atoms with van der Waals surface area (Å²) < 4.78 is 6.71. The molecule has 1 aromatic heterocycles. The van der Waals surface area contributed by atoms with E-state index in [1.54, 1.807) is 6.07 Å². The maximum atomic E-state index is 11.7. The summed E-state index contributed by atoms with van der Waals surface area (Å²) in [4.78, 5) is 23.2. The van der Waals surface area contributed by atoms with Crippen molar-refractivity contribution < 1.29 is 9.94 Å². The Morgan fingerprint density at radius 1 is 0.913 bits per heavy atom. The second kappa shape index (κ2) is 5.84. The number of benzene rings is 2. The van der Waals surface area contributed by atoms with Gasteiger partial charge in [0.15, 0.2) is 0 Å². The fourth-order valence-corrected chi connectivity index (χ4v) is 2.18. The highest BCUT2D eigenvalue weighted by molar-refractivity contribution is 5.64. The first-order valence-corrected chi connectivity index (χ1v) is 6.92. The Hall–Kier alpha value is -3.28. The summed E-state index contributed by atoms with van der Waals surface area (Å²) in [6.45, 7) is 0. The van der Waals surface area contributed by atoms with Gasteiger partial charge in [-0.25, -0.2) is 4.79 Å². The molecule has 23 heavy (non-hydrogen) atoms. The van der Waals surface area contributed by atoms with Crippen LogP contribution in [-0.2, 0) is 7.05 Å². The van der Waals surface area contributed by atoms with Crippen molar-refractivity contribution >= 4 is 0 Å². The van der Waals surface area contributed by atoms with Crippen LogP contribution in [0.25, 0.3) is 11.1 Å². The van der Waals surface area contributed by atoms with Crippen molar-refractivity contribution in [2.45, 2.75) is 0 Å². The molecule has 0 bridgehead atoms. The quantitative estimate of drug-likeness (QED) is 0.753. The van der Waals surface area contributed by atoms with Gasteiger partial charge in [-0.3, -0.25) is 9.36 Å². The van der Waals surface area contributed by atoms with Crippen molar-refractivity contribution in [3.63, 3.8) is 0 Å². The smallest absolute Gasteiger partial charge is 0.366 e. The molecule has 1 heterocycles. The maximum absolute atomic E-state index is 11.7. The lowest BCUT2D eigenvalue weighted by Gasteiger charge is -2.11. The Kier molecular flexibility index (Phi) is 3.72. The van der Waals surface area contributed by atoms with E-state index in [-0.39, 0.29) is 10.6 Å². The van der Waals surface area contributed by atoms with Gasteiger partial charge in [0.05, 0.1) is 6.07 Å². The maximum Gasteiger partial charge on any atom is 0.366 e. The standard InChI is InChI=1S/C17H14N2O4/c1-18-16(11-15(20)19(22)17(18)21)23-14-9-5-8-13(10-14)12-6-3-2-4-7-12/h2-11,22H,1H3. The highest BCUT2D eigenvalue weighted by Crippen LogP contribution is 2.26. The zero-order valence-electron chi connectivity index (χ0n) is 12.3. The molecule has 0 aliphatic carbocycles. The lowest BCUT2D eigenvalue weighted by Crippen LogP contribution is -2.37. The zero-order valence-corrected chi connectivity index (χ0v) is 12.3. The number of aromatic nitrogens is 2. The van der Waals surface area contributed by atoms with Crippen LogP contribution >= 0.6 is 0 Å². The monoisotopic (exact) mass is 310 g/mol. The van der Waals surface area contributed by atoms with Gasteiger partial charge in [-0.15, -0.1) is 0 Å². The van der Waals surface area contributed by atoms with Crippen LogP contribution in [0, 0.1) is 0 Å². The molecule has 0 aliphatic heterocycles. The molecule has 0 saturated heterocycles. The molecule has 0 fully saturated rings. The predicted molar refractivity (Wildman–Crippen MR) is 85.1 cm³/mol. The summed E-state index contributed by atoms with van der Waals surface area (Å²) in [5.74, 6) is 0.534. The van der Waals surface area contributed by atoms with Crippen molar-refractivity contribution in [1.82, 2.24) is 9.30 Å². The van der Waals surface area contributed by atoms with Crippen LogP contribution < -0.4 is 16.0 Å². The molecule has 6 nitrogen and oxygen atoms in total. The molecule has 2 aromatic carbocycles. The summed E-state index contributed by atoms with van der Waals surface area (Å²) >= 11 is 0. The van der Waals surface area contributed by atoms with Crippen molar-refractivity contribution in [2.75, 3.05) is 0 Å². The average Bonchev–Trinajstić information content (AvgIpc) is 2.59. The highest BCUT2D eigenvalue weighted by atomic mass is 16.5.